The summed E-state index contributed by atoms with van der Waals surface area (Å²) >= 11 is 0. The van der Waals surface area contributed by atoms with E-state index in [2.05, 4.69) is 9.97 Å². The van der Waals surface area contributed by atoms with Gasteiger partial charge < -0.3 is 4.90 Å². The lowest BCUT2D eigenvalue weighted by molar-refractivity contribution is -0.125. The van der Waals surface area contributed by atoms with Crippen molar-refractivity contribution in [3.63, 3.8) is 0 Å². The van der Waals surface area contributed by atoms with Gasteiger partial charge >= 0.3 is 0 Å². The highest BCUT2D eigenvalue weighted by atomic mass is 32.2. The molecule has 0 bridgehead atoms. The van der Waals surface area contributed by atoms with Gasteiger partial charge in [-0.15, -0.1) is 0 Å². The Morgan fingerprint density at radius 1 is 0.900 bits per heavy atom. The molecule has 7 nitrogen and oxygen atoms in total. The number of hydrogen-bond donors (Lipinski definition) is 0. The lowest BCUT2D eigenvalue weighted by Crippen LogP contribution is -2.59. The number of pyridine rings is 2. The van der Waals surface area contributed by atoms with Gasteiger partial charge in [-0.2, -0.15) is 4.31 Å². The maximum Gasteiger partial charge on any atom is 0.249 e. The van der Waals surface area contributed by atoms with Gasteiger partial charge in [0.15, 0.2) is 28.2 Å². The van der Waals surface area contributed by atoms with Crippen LogP contribution >= 0.6 is 0 Å². The maximum atomic E-state index is 14.4. The van der Waals surface area contributed by atoms with Crippen LogP contribution in [-0.4, -0.2) is 41.2 Å². The molecule has 1 atom stereocenters. The SMILES string of the molecule is O=C(C1CCN1S(=O)(=O)c1c(F)c(F)c(F)c(F)c1F)N(Cc1ccc(C2CCCCC2)cn1)c1cccnc1. The van der Waals surface area contributed by atoms with Gasteiger partial charge in [0.2, 0.25) is 21.7 Å². The number of anilines is 1. The number of aromatic nitrogens is 2. The smallest absolute Gasteiger partial charge is 0.249 e. The molecule has 1 saturated carbocycles. The minimum absolute atomic E-state index is 0.0295. The first-order valence-corrected chi connectivity index (χ1v) is 14.2. The summed E-state index contributed by atoms with van der Waals surface area (Å²) in [6, 6.07) is 5.43. The van der Waals surface area contributed by atoms with E-state index < -0.39 is 56.0 Å². The quantitative estimate of drug-likeness (QED) is 0.218. The molecule has 1 saturated heterocycles. The number of benzene rings is 1. The molecule has 212 valence electrons. The summed E-state index contributed by atoms with van der Waals surface area (Å²) < 4.78 is 96.5. The van der Waals surface area contributed by atoms with Crippen LogP contribution in [0, 0.1) is 29.1 Å². The van der Waals surface area contributed by atoms with E-state index in [-0.39, 0.29) is 19.5 Å². The van der Waals surface area contributed by atoms with Crippen molar-refractivity contribution in [1.82, 2.24) is 14.3 Å². The second-order valence-electron chi connectivity index (χ2n) is 9.87. The van der Waals surface area contributed by atoms with Crippen LogP contribution in [0.15, 0.2) is 47.8 Å². The summed E-state index contributed by atoms with van der Waals surface area (Å²) in [4.78, 5) is 21.4. The van der Waals surface area contributed by atoms with E-state index >= 15 is 0 Å². The maximum absolute atomic E-state index is 14.4. The average Bonchev–Trinajstić information content (AvgIpc) is 2.94. The molecule has 1 unspecified atom stereocenters. The number of carbonyl (C=O) groups excluding carboxylic acids is 1. The Morgan fingerprint density at radius 2 is 1.57 bits per heavy atom. The number of halogens is 5. The molecular weight excluding hydrogens is 555 g/mol. The van der Waals surface area contributed by atoms with E-state index in [0.717, 1.165) is 31.2 Å². The van der Waals surface area contributed by atoms with Crippen molar-refractivity contribution >= 4 is 21.6 Å². The van der Waals surface area contributed by atoms with Crippen molar-refractivity contribution < 1.29 is 35.2 Å². The predicted molar refractivity (Wildman–Crippen MR) is 134 cm³/mol. The Kier molecular flexibility index (Phi) is 7.87. The van der Waals surface area contributed by atoms with E-state index in [9.17, 15) is 35.2 Å². The summed E-state index contributed by atoms with van der Waals surface area (Å²) in [6.07, 6.45) is 10.3. The molecule has 1 aliphatic carbocycles. The van der Waals surface area contributed by atoms with Crippen molar-refractivity contribution in [2.45, 2.75) is 61.9 Å². The highest BCUT2D eigenvalue weighted by Crippen LogP contribution is 2.35. The average molecular weight is 581 g/mol. The molecule has 1 amide bonds. The van der Waals surface area contributed by atoms with E-state index in [1.807, 2.05) is 6.07 Å². The van der Waals surface area contributed by atoms with Gasteiger partial charge in [-0.1, -0.05) is 25.3 Å². The fraction of sp³-hybridized carbons (Fsp3) is 0.370. The van der Waals surface area contributed by atoms with Crippen molar-refractivity contribution in [1.29, 1.82) is 0 Å². The van der Waals surface area contributed by atoms with Crippen LogP contribution in [0.1, 0.15) is 55.7 Å². The second-order valence-corrected chi connectivity index (χ2v) is 11.7. The lowest BCUT2D eigenvalue weighted by atomic mass is 9.85. The van der Waals surface area contributed by atoms with Gasteiger partial charge in [0.1, 0.15) is 6.04 Å². The molecule has 0 spiro atoms. The molecule has 5 rings (SSSR count). The first kappa shape index (κ1) is 28.1. The number of carbonyl (C=O) groups is 1. The monoisotopic (exact) mass is 580 g/mol. The topological polar surface area (TPSA) is 83.5 Å². The molecular formula is C27H25F5N4O3S. The standard InChI is InChI=1S/C27H25F5N4O3S/c28-21-22(29)24(31)26(25(32)23(21)30)40(38,39)36-12-10-20(36)27(37)35(19-7-4-11-33-14-19)15-18-9-8-17(13-34-18)16-5-2-1-3-6-16/h4,7-9,11,13-14,16,20H,1-3,5-6,10,12,15H2. The largest absolute Gasteiger partial charge is 0.303 e. The first-order chi connectivity index (χ1) is 19.1. The third-order valence-electron chi connectivity index (χ3n) is 7.46. The van der Waals surface area contributed by atoms with Crippen LogP contribution in [0.25, 0.3) is 0 Å². The van der Waals surface area contributed by atoms with Crippen LogP contribution in [0.4, 0.5) is 27.6 Å². The lowest BCUT2D eigenvalue weighted by Gasteiger charge is -2.40. The number of hydrogen-bond acceptors (Lipinski definition) is 5. The Morgan fingerprint density at radius 3 is 2.12 bits per heavy atom. The minimum Gasteiger partial charge on any atom is -0.303 e. The van der Waals surface area contributed by atoms with Gasteiger partial charge in [0.25, 0.3) is 0 Å². The van der Waals surface area contributed by atoms with Gasteiger partial charge in [-0.3, -0.25) is 14.8 Å². The van der Waals surface area contributed by atoms with E-state index in [1.54, 1.807) is 24.4 Å². The van der Waals surface area contributed by atoms with Crippen molar-refractivity contribution in [3.8, 4) is 0 Å². The molecule has 1 aromatic carbocycles. The van der Waals surface area contributed by atoms with E-state index in [1.165, 1.54) is 23.7 Å². The molecule has 0 N–H and O–H groups in total. The Balaban J connectivity index is 1.43. The molecule has 0 radical (unpaired) electrons. The molecule has 3 heterocycles. The van der Waals surface area contributed by atoms with Gasteiger partial charge in [-0.05, 0) is 48.9 Å². The molecule has 1 aliphatic heterocycles. The Labute approximate surface area is 227 Å². The molecule has 40 heavy (non-hydrogen) atoms. The Bertz CT molecular complexity index is 1490. The van der Waals surface area contributed by atoms with Gasteiger partial charge in [0, 0.05) is 18.9 Å². The molecule has 2 fully saturated rings. The van der Waals surface area contributed by atoms with Crippen molar-refractivity contribution in [2.24, 2.45) is 0 Å². The molecule has 3 aromatic rings. The van der Waals surface area contributed by atoms with Gasteiger partial charge in [-0.25, -0.2) is 30.4 Å². The van der Waals surface area contributed by atoms with E-state index in [4.69, 9.17) is 0 Å². The highest BCUT2D eigenvalue weighted by Gasteiger charge is 2.48. The Hall–Kier alpha value is -3.45. The summed E-state index contributed by atoms with van der Waals surface area (Å²) in [5.41, 5.74) is 1.91. The fourth-order valence-corrected chi connectivity index (χ4v) is 6.93. The zero-order valence-electron chi connectivity index (χ0n) is 21.2. The van der Waals surface area contributed by atoms with Crippen LogP contribution in [0.5, 0.6) is 0 Å². The summed E-state index contributed by atoms with van der Waals surface area (Å²) in [6.45, 7) is -0.421. The molecule has 13 heteroatoms. The third kappa shape index (κ3) is 5.07. The zero-order valence-corrected chi connectivity index (χ0v) is 22.0. The summed E-state index contributed by atoms with van der Waals surface area (Å²) in [7, 11) is -5.27. The molecule has 2 aromatic heterocycles. The normalized spacial score (nSPS) is 18.4. The predicted octanol–water partition coefficient (Wildman–Crippen LogP) is 5.22. The van der Waals surface area contributed by atoms with Gasteiger partial charge in [0.05, 0.1) is 24.1 Å². The highest BCUT2D eigenvalue weighted by molar-refractivity contribution is 7.89. The van der Waals surface area contributed by atoms with Crippen LogP contribution in [0.2, 0.25) is 0 Å². The number of rotatable bonds is 7. The third-order valence-corrected chi connectivity index (χ3v) is 9.39. The van der Waals surface area contributed by atoms with Crippen LogP contribution < -0.4 is 4.90 Å². The minimum atomic E-state index is -5.27. The van der Waals surface area contributed by atoms with Crippen LogP contribution in [-0.2, 0) is 21.4 Å². The number of nitrogens with zero attached hydrogens (tertiary/aromatic N) is 4. The second kappa shape index (κ2) is 11.2. The number of amides is 1. The first-order valence-electron chi connectivity index (χ1n) is 12.8. The molecule has 2 aliphatic rings. The van der Waals surface area contributed by atoms with E-state index in [0.29, 0.717) is 21.6 Å². The summed E-state index contributed by atoms with van der Waals surface area (Å²) in [5, 5.41) is 0. The fourth-order valence-electron chi connectivity index (χ4n) is 5.19. The van der Waals surface area contributed by atoms with Crippen LogP contribution in [0.3, 0.4) is 0 Å². The van der Waals surface area contributed by atoms with Crippen molar-refractivity contribution in [3.05, 3.63) is 83.2 Å². The zero-order chi connectivity index (χ0) is 28.6. The summed E-state index contributed by atoms with van der Waals surface area (Å²) in [5.74, 6) is -12.6. The number of sulfonamides is 1. The van der Waals surface area contributed by atoms with Crippen molar-refractivity contribution in [2.75, 3.05) is 11.4 Å².